The van der Waals surface area contributed by atoms with Crippen molar-refractivity contribution in [3.05, 3.63) is 312 Å². The van der Waals surface area contributed by atoms with E-state index in [1.54, 1.807) is 0 Å². The first-order valence-corrected chi connectivity index (χ1v) is 34.9. The number of para-hydroxylation sites is 6. The molecule has 0 N–H and O–H groups in total. The van der Waals surface area contributed by atoms with Crippen LogP contribution in [-0.4, -0.2) is 0 Å². The summed E-state index contributed by atoms with van der Waals surface area (Å²) >= 11 is 0. The van der Waals surface area contributed by atoms with Crippen molar-refractivity contribution in [1.82, 2.24) is 0 Å². The van der Waals surface area contributed by atoms with Crippen molar-refractivity contribution in [3.63, 3.8) is 0 Å². The Balaban J connectivity index is 0.000000159. The molecular weight excluding hydrogens is 1180 g/mol. The molecule has 0 bridgehead atoms. The van der Waals surface area contributed by atoms with Crippen LogP contribution in [0.3, 0.4) is 0 Å². The van der Waals surface area contributed by atoms with Crippen LogP contribution in [0.2, 0.25) is 0 Å². The molecule has 11 heteroatoms. The molecule has 0 atom stereocenters. The monoisotopic (exact) mass is 1250 g/mol. The second kappa shape index (κ2) is 25.3. The van der Waals surface area contributed by atoms with E-state index in [-0.39, 0.29) is 5.41 Å². The Labute approximate surface area is 529 Å². The topological polar surface area (TPSA) is 80.2 Å². The lowest BCUT2D eigenvalue weighted by atomic mass is 9.76. The minimum atomic E-state index is -1.87. The number of aryl methyl sites for hydroxylation is 4. The number of fused-ring (bicyclic) bond motifs is 8. The summed E-state index contributed by atoms with van der Waals surface area (Å²) < 4.78 is 46.6. The largest absolute Gasteiger partial charge is 0.455 e. The van der Waals surface area contributed by atoms with Crippen molar-refractivity contribution >= 4 is 108 Å². The molecule has 0 radical (unpaired) electrons. The minimum absolute atomic E-state index is 0.225. The highest BCUT2D eigenvalue weighted by Crippen LogP contribution is 2.53. The maximum absolute atomic E-state index is 7.26. The van der Waals surface area contributed by atoms with Crippen LogP contribution in [0.1, 0.15) is 47.2 Å². The Hall–Kier alpha value is -9.30. The molecule has 7 nitrogen and oxygen atoms in total. The van der Waals surface area contributed by atoms with Crippen molar-refractivity contribution in [2.75, 3.05) is 0 Å². The molecule has 3 heterocycles. The van der Waals surface area contributed by atoms with Gasteiger partial charge in [-0.2, -0.15) is 0 Å². The zero-order valence-electron chi connectivity index (χ0n) is 50.7. The third-order valence-electron chi connectivity index (χ3n) is 16.4. The lowest BCUT2D eigenvalue weighted by molar-refractivity contribution is 0.425. The smallest absolute Gasteiger partial charge is 0.453 e. The summed E-state index contributed by atoms with van der Waals surface area (Å²) in [7, 11) is -5.39. The molecule has 0 saturated heterocycles. The van der Waals surface area contributed by atoms with E-state index in [0.29, 0.717) is 33.8 Å². The predicted octanol–water partition coefficient (Wildman–Crippen LogP) is 21.1. The second-order valence-electron chi connectivity index (χ2n) is 22.9. The van der Waals surface area contributed by atoms with E-state index in [4.69, 9.17) is 30.6 Å². The number of hydrogen-bond acceptors (Lipinski definition) is 7. The summed E-state index contributed by atoms with van der Waals surface area (Å²) in [5.41, 5.74) is 10.9. The van der Waals surface area contributed by atoms with Crippen molar-refractivity contribution in [2.45, 2.75) is 47.0 Å². The summed E-state index contributed by atoms with van der Waals surface area (Å²) in [6, 6.07) is 97.4. The Morgan fingerprint density at radius 3 is 0.922 bits per heavy atom. The van der Waals surface area contributed by atoms with E-state index < -0.39 is 32.3 Å². The van der Waals surface area contributed by atoms with Crippen LogP contribution >= 0.6 is 32.3 Å². The molecule has 442 valence electrons. The second-order valence-corrected chi connectivity index (χ2v) is 29.3. The summed E-state index contributed by atoms with van der Waals surface area (Å²) in [5.74, 6) is 3.34. The average molecular weight is 1250 g/mol. The van der Waals surface area contributed by atoms with Crippen LogP contribution in [0.4, 0.5) is 0 Å². The number of ether oxygens (including phenoxy) is 1. The van der Waals surface area contributed by atoms with E-state index in [1.807, 2.05) is 111 Å². The molecule has 0 fully saturated rings. The van der Waals surface area contributed by atoms with Gasteiger partial charge in [0.2, 0.25) is 0 Å². The van der Waals surface area contributed by atoms with Crippen molar-refractivity contribution in [2.24, 2.45) is 0 Å². The van der Waals surface area contributed by atoms with Gasteiger partial charge in [-0.3, -0.25) is 0 Å². The van der Waals surface area contributed by atoms with Crippen LogP contribution in [0.15, 0.2) is 296 Å². The van der Waals surface area contributed by atoms with Crippen LogP contribution in [-0.2, 0) is 5.41 Å². The van der Waals surface area contributed by atoms with Gasteiger partial charge in [-0.1, -0.05) is 257 Å². The van der Waals surface area contributed by atoms with Gasteiger partial charge in [0.15, 0.2) is 0 Å². The zero-order valence-corrected chi connectivity index (χ0v) is 54.3. The first kappa shape index (κ1) is 58.4. The average Bonchev–Trinajstić information content (AvgIpc) is 0.853. The number of rotatable bonds is 11. The normalized spacial score (nSPS) is 12.3. The number of benzene rings is 12. The lowest BCUT2D eigenvalue weighted by Gasteiger charge is -2.38. The first-order chi connectivity index (χ1) is 44.0. The van der Waals surface area contributed by atoms with Gasteiger partial charge >= 0.3 is 16.5 Å². The van der Waals surface area contributed by atoms with E-state index in [1.165, 1.54) is 43.0 Å². The van der Waals surface area contributed by atoms with Gasteiger partial charge < -0.3 is 30.6 Å². The zero-order chi connectivity index (χ0) is 61.3. The van der Waals surface area contributed by atoms with Crippen LogP contribution < -0.4 is 45.6 Å². The Morgan fingerprint density at radius 1 is 0.322 bits per heavy atom. The SMILES string of the molecule is CC1(C)c2cccc(P(c3ccccc3)c3ccccc3)c2Oc2c(P(c3ccccc3)c3ccccc3)cccc21.Cc1cc(C)c(Op2oc3ccccc3c3ccccc3o2)c(-c2cc(C)cc(C)c2Op2oc3ccccc3c3ccccc3o2)c1. The fourth-order valence-electron chi connectivity index (χ4n) is 12.2. The third kappa shape index (κ3) is 11.6. The molecule has 0 saturated carbocycles. The summed E-state index contributed by atoms with van der Waals surface area (Å²) in [6.45, 7) is 12.9. The molecule has 2 aromatic heterocycles. The molecule has 1 aliphatic rings. The van der Waals surface area contributed by atoms with Crippen molar-refractivity contribution < 1.29 is 30.6 Å². The van der Waals surface area contributed by atoms with Crippen LogP contribution in [0.25, 0.3) is 55.0 Å². The molecule has 90 heavy (non-hydrogen) atoms. The molecule has 14 aromatic rings. The van der Waals surface area contributed by atoms with E-state index >= 15 is 0 Å². The highest BCUT2D eigenvalue weighted by molar-refractivity contribution is 7.80. The highest BCUT2D eigenvalue weighted by atomic mass is 31.1. The fourth-order valence-corrected chi connectivity index (χ4v) is 19.3. The number of hydrogen-bond donors (Lipinski definition) is 0. The highest BCUT2D eigenvalue weighted by Gasteiger charge is 2.39. The molecule has 15 rings (SSSR count). The molecular formula is C79H64O7P4. The van der Waals surface area contributed by atoms with Gasteiger partial charge in [-0.25, -0.2) is 0 Å². The molecule has 12 aromatic carbocycles. The van der Waals surface area contributed by atoms with Gasteiger partial charge in [0.25, 0.3) is 0 Å². The maximum atomic E-state index is 7.26. The Bertz CT molecular complexity index is 4520. The first-order valence-electron chi connectivity index (χ1n) is 30.1. The Kier molecular flexibility index (Phi) is 16.4. The van der Waals surface area contributed by atoms with Crippen LogP contribution in [0, 0.1) is 27.7 Å². The van der Waals surface area contributed by atoms with E-state index in [9.17, 15) is 0 Å². The summed E-state index contributed by atoms with van der Waals surface area (Å²) in [4.78, 5) is 0. The standard InChI is InChI=1S/C40H32O6P2.C39H32OP2/c1-25-21-27(3)39(45-47-41-35-17-9-5-13-29(35)30-14-6-10-18-36(30)42-47)33(23-25)34-24-26(2)22-28(4)40(34)46-48-43-37-19-11-7-15-31(37)32-16-8-12-20-38(32)44-48;1-39(2)33-25-15-27-35(41(29-17-7-3-8-18-29)30-19-9-4-10-20-30)37(33)40-38-34(39)26-16-28-36(38)42(31-21-11-5-12-22-31)32-23-13-6-14-24-32/h5-24H,1-4H3;3-28H,1-2H3. The molecule has 0 unspecified atom stereocenters. The van der Waals surface area contributed by atoms with Gasteiger partial charge in [0.1, 0.15) is 45.3 Å². The molecule has 0 spiro atoms. The van der Waals surface area contributed by atoms with Gasteiger partial charge in [-0.05, 0) is 123 Å². The minimum Gasteiger partial charge on any atom is -0.455 e. The lowest BCUT2D eigenvalue weighted by Crippen LogP contribution is -2.32. The van der Waals surface area contributed by atoms with E-state index in [0.717, 1.165) is 66.4 Å². The van der Waals surface area contributed by atoms with Gasteiger partial charge in [-0.15, -0.1) is 0 Å². The van der Waals surface area contributed by atoms with Crippen molar-refractivity contribution in [3.8, 4) is 34.1 Å². The molecule has 0 amide bonds. The summed E-state index contributed by atoms with van der Waals surface area (Å²) in [5, 5.41) is 11.7. The molecule has 0 aliphatic carbocycles. The van der Waals surface area contributed by atoms with E-state index in [2.05, 4.69) is 210 Å². The molecule has 1 aliphatic heterocycles. The summed E-state index contributed by atoms with van der Waals surface area (Å²) in [6.07, 6.45) is 0. The third-order valence-corrected chi connectivity index (χ3v) is 23.3. The quantitative estimate of drug-likeness (QED) is 0.119. The maximum Gasteiger partial charge on any atom is 0.453 e. The van der Waals surface area contributed by atoms with Gasteiger partial charge in [0.05, 0.1) is 0 Å². The fraction of sp³-hybridized carbons (Fsp3) is 0.0886. The van der Waals surface area contributed by atoms with Crippen LogP contribution in [0.5, 0.6) is 23.0 Å². The predicted molar refractivity (Wildman–Crippen MR) is 378 cm³/mol. The Morgan fingerprint density at radius 2 is 0.611 bits per heavy atom. The van der Waals surface area contributed by atoms with Gasteiger partial charge in [0, 0.05) is 59.8 Å². The van der Waals surface area contributed by atoms with Crippen molar-refractivity contribution in [1.29, 1.82) is 0 Å².